The molecule has 0 unspecified atom stereocenters. The molecule has 0 aliphatic rings. The molecule has 6 nitrogen and oxygen atoms in total. The second-order valence-electron chi connectivity index (χ2n) is 5.18. The normalized spacial score (nSPS) is 10.8. The molecule has 2 rings (SSSR count). The molecule has 2 aromatic carbocycles. The lowest BCUT2D eigenvalue weighted by Crippen LogP contribution is -2.19. The predicted molar refractivity (Wildman–Crippen MR) is 102 cm³/mol. The molecule has 0 atom stereocenters. The fourth-order valence-electron chi connectivity index (χ4n) is 2.04. The third-order valence-electron chi connectivity index (χ3n) is 3.15. The van der Waals surface area contributed by atoms with Crippen molar-refractivity contribution in [2.45, 2.75) is 6.92 Å². The first-order valence-corrected chi connectivity index (χ1v) is 9.38. The summed E-state index contributed by atoms with van der Waals surface area (Å²) in [6.45, 7) is 1.82. The predicted octanol–water partition coefficient (Wildman–Crippen LogP) is 3.18. The maximum absolute atomic E-state index is 11.4. The van der Waals surface area contributed by atoms with Crippen LogP contribution in [0.15, 0.2) is 42.5 Å². The van der Waals surface area contributed by atoms with Crippen molar-refractivity contribution in [2.24, 2.45) is 0 Å². The first kappa shape index (κ1) is 18.0. The Bertz CT molecular complexity index is 851. The van der Waals surface area contributed by atoms with Gasteiger partial charge in [0.15, 0.2) is 5.11 Å². The SMILES string of the molecule is COc1ccccc1NC(=S)Nc1ccc(C)c(NS(C)(=O)=O)c1. The van der Waals surface area contributed by atoms with Gasteiger partial charge in [0.2, 0.25) is 10.0 Å². The van der Waals surface area contributed by atoms with Crippen LogP contribution in [0.1, 0.15) is 5.56 Å². The molecule has 0 spiro atoms. The molecular weight excluding hydrogens is 346 g/mol. The van der Waals surface area contributed by atoms with E-state index in [4.69, 9.17) is 17.0 Å². The highest BCUT2D eigenvalue weighted by Gasteiger charge is 2.08. The average Bonchev–Trinajstić information content (AvgIpc) is 2.49. The summed E-state index contributed by atoms with van der Waals surface area (Å²) in [4.78, 5) is 0. The highest BCUT2D eigenvalue weighted by molar-refractivity contribution is 7.92. The smallest absolute Gasteiger partial charge is 0.229 e. The zero-order chi connectivity index (χ0) is 17.7. The topological polar surface area (TPSA) is 79.5 Å². The molecule has 0 heterocycles. The van der Waals surface area contributed by atoms with Gasteiger partial charge in [-0.15, -0.1) is 0 Å². The van der Waals surface area contributed by atoms with Crippen molar-refractivity contribution in [3.05, 3.63) is 48.0 Å². The Labute approximate surface area is 147 Å². The molecule has 24 heavy (non-hydrogen) atoms. The highest BCUT2D eigenvalue weighted by atomic mass is 32.2. The van der Waals surface area contributed by atoms with Crippen LogP contribution in [0.3, 0.4) is 0 Å². The van der Waals surface area contributed by atoms with Crippen molar-refractivity contribution >= 4 is 44.4 Å². The zero-order valence-corrected chi connectivity index (χ0v) is 15.2. The zero-order valence-electron chi connectivity index (χ0n) is 13.6. The number of nitrogens with one attached hydrogen (secondary N) is 3. The van der Waals surface area contributed by atoms with Crippen molar-refractivity contribution in [3.8, 4) is 5.75 Å². The van der Waals surface area contributed by atoms with Gasteiger partial charge in [0, 0.05) is 5.69 Å². The maximum atomic E-state index is 11.4. The van der Waals surface area contributed by atoms with Gasteiger partial charge in [-0.25, -0.2) is 8.42 Å². The number of ether oxygens (including phenoxy) is 1. The Hall–Kier alpha value is -2.32. The number of thiocarbonyl (C=S) groups is 1. The molecule has 0 radical (unpaired) electrons. The first-order chi connectivity index (χ1) is 11.3. The molecule has 0 saturated heterocycles. The van der Waals surface area contributed by atoms with Gasteiger partial charge in [-0.05, 0) is 49.0 Å². The van der Waals surface area contributed by atoms with Crippen LogP contribution < -0.4 is 20.1 Å². The number of hydrogen-bond donors (Lipinski definition) is 3. The van der Waals surface area contributed by atoms with Gasteiger partial charge in [-0.2, -0.15) is 0 Å². The van der Waals surface area contributed by atoms with Crippen LogP contribution in [0, 0.1) is 6.92 Å². The Kier molecular flexibility index (Phi) is 5.63. The summed E-state index contributed by atoms with van der Waals surface area (Å²) < 4.78 is 30.6. The molecular formula is C16H19N3O3S2. The fraction of sp³-hybridized carbons (Fsp3) is 0.188. The summed E-state index contributed by atoms with van der Waals surface area (Å²) in [5, 5.41) is 6.44. The molecule has 0 saturated carbocycles. The summed E-state index contributed by atoms with van der Waals surface area (Å²) >= 11 is 5.29. The third-order valence-corrected chi connectivity index (χ3v) is 3.94. The van der Waals surface area contributed by atoms with Crippen LogP contribution in [-0.4, -0.2) is 26.9 Å². The van der Waals surface area contributed by atoms with Crippen LogP contribution in [0.25, 0.3) is 0 Å². The molecule has 128 valence electrons. The Morgan fingerprint density at radius 2 is 1.79 bits per heavy atom. The van der Waals surface area contributed by atoms with Crippen LogP contribution in [0.2, 0.25) is 0 Å². The van der Waals surface area contributed by atoms with Gasteiger partial charge in [-0.1, -0.05) is 18.2 Å². The second-order valence-corrected chi connectivity index (χ2v) is 7.34. The minimum absolute atomic E-state index is 0.369. The monoisotopic (exact) mass is 365 g/mol. The maximum Gasteiger partial charge on any atom is 0.229 e. The summed E-state index contributed by atoms with van der Waals surface area (Å²) in [6, 6.07) is 12.7. The van der Waals surface area contributed by atoms with E-state index >= 15 is 0 Å². The highest BCUT2D eigenvalue weighted by Crippen LogP contribution is 2.24. The molecule has 0 bridgehead atoms. The lowest BCUT2D eigenvalue weighted by Gasteiger charge is -2.15. The van der Waals surface area contributed by atoms with Crippen molar-refractivity contribution in [1.29, 1.82) is 0 Å². The van der Waals surface area contributed by atoms with Crippen LogP contribution >= 0.6 is 12.2 Å². The van der Waals surface area contributed by atoms with E-state index in [1.165, 1.54) is 0 Å². The average molecular weight is 365 g/mol. The van der Waals surface area contributed by atoms with Gasteiger partial charge in [0.25, 0.3) is 0 Å². The molecule has 3 N–H and O–H groups in total. The molecule has 0 aromatic heterocycles. The van der Waals surface area contributed by atoms with Gasteiger partial charge < -0.3 is 15.4 Å². The van der Waals surface area contributed by atoms with Crippen molar-refractivity contribution in [1.82, 2.24) is 0 Å². The van der Waals surface area contributed by atoms with Crippen LogP contribution in [-0.2, 0) is 10.0 Å². The third kappa shape index (κ3) is 5.10. The number of hydrogen-bond acceptors (Lipinski definition) is 4. The Morgan fingerprint density at radius 1 is 1.08 bits per heavy atom. The molecule has 0 fully saturated rings. The largest absolute Gasteiger partial charge is 0.495 e. The molecule has 0 aliphatic carbocycles. The molecule has 0 amide bonds. The number of benzene rings is 2. The standard InChI is InChI=1S/C16H19N3O3S2/c1-11-8-9-12(10-14(11)19-24(3,20)21)17-16(23)18-13-6-4-5-7-15(13)22-2/h4-10,19H,1-3H3,(H2,17,18,23). The van der Waals surface area contributed by atoms with E-state index in [9.17, 15) is 8.42 Å². The second kappa shape index (κ2) is 7.50. The van der Waals surface area contributed by atoms with Crippen molar-refractivity contribution in [3.63, 3.8) is 0 Å². The van der Waals surface area contributed by atoms with Gasteiger partial charge in [0.05, 0.1) is 24.7 Å². The van der Waals surface area contributed by atoms with E-state index in [2.05, 4.69) is 15.4 Å². The van der Waals surface area contributed by atoms with Crippen LogP contribution in [0.4, 0.5) is 17.1 Å². The van der Waals surface area contributed by atoms with Crippen molar-refractivity contribution in [2.75, 3.05) is 28.7 Å². The minimum atomic E-state index is -3.35. The van der Waals surface area contributed by atoms with Gasteiger partial charge in [-0.3, -0.25) is 4.72 Å². The summed E-state index contributed by atoms with van der Waals surface area (Å²) in [5.41, 5.74) is 2.72. The number of methoxy groups -OCH3 is 1. The van der Waals surface area contributed by atoms with E-state index in [0.29, 0.717) is 22.2 Å². The van der Waals surface area contributed by atoms with E-state index in [-0.39, 0.29) is 0 Å². The Morgan fingerprint density at radius 3 is 2.46 bits per heavy atom. The summed E-state index contributed by atoms with van der Waals surface area (Å²) in [7, 11) is -1.76. The molecule has 0 aliphatic heterocycles. The number of rotatable bonds is 5. The van der Waals surface area contributed by atoms with E-state index < -0.39 is 10.0 Å². The van der Waals surface area contributed by atoms with E-state index in [1.807, 2.05) is 43.3 Å². The lowest BCUT2D eigenvalue weighted by molar-refractivity contribution is 0.417. The first-order valence-electron chi connectivity index (χ1n) is 7.08. The number of sulfonamides is 1. The van der Waals surface area contributed by atoms with E-state index in [0.717, 1.165) is 17.5 Å². The van der Waals surface area contributed by atoms with E-state index in [1.54, 1.807) is 13.2 Å². The molecule has 2 aromatic rings. The van der Waals surface area contributed by atoms with Crippen molar-refractivity contribution < 1.29 is 13.2 Å². The molecule has 8 heteroatoms. The van der Waals surface area contributed by atoms with Gasteiger partial charge in [0.1, 0.15) is 5.75 Å². The Balaban J connectivity index is 2.13. The fourth-order valence-corrected chi connectivity index (χ4v) is 2.89. The summed E-state index contributed by atoms with van der Waals surface area (Å²) in [6.07, 6.45) is 1.11. The van der Waals surface area contributed by atoms with Gasteiger partial charge >= 0.3 is 0 Å². The van der Waals surface area contributed by atoms with Crippen LogP contribution in [0.5, 0.6) is 5.75 Å². The minimum Gasteiger partial charge on any atom is -0.495 e. The number of aryl methyl sites for hydroxylation is 1. The lowest BCUT2D eigenvalue weighted by atomic mass is 10.2. The number of anilines is 3. The quantitative estimate of drug-likeness (QED) is 0.706. The summed E-state index contributed by atoms with van der Waals surface area (Å²) in [5.74, 6) is 0.671. The number of para-hydroxylation sites is 2.